The summed E-state index contributed by atoms with van der Waals surface area (Å²) in [6, 6.07) is 12.7. The molecular weight excluding hydrogens is 403 g/mol. The summed E-state index contributed by atoms with van der Waals surface area (Å²) in [4.78, 5) is 37.9. The summed E-state index contributed by atoms with van der Waals surface area (Å²) < 4.78 is 13.1. The van der Waals surface area contributed by atoms with Gasteiger partial charge in [0.15, 0.2) is 0 Å². The number of halogens is 2. The molecule has 0 saturated carbocycles. The highest BCUT2D eigenvalue weighted by molar-refractivity contribution is 8.18. The lowest BCUT2D eigenvalue weighted by molar-refractivity contribution is -0.124. The van der Waals surface area contributed by atoms with Crippen LogP contribution in [-0.2, 0) is 16.0 Å². The Labute approximate surface area is 170 Å². The van der Waals surface area contributed by atoms with E-state index in [0.29, 0.717) is 15.5 Å². The van der Waals surface area contributed by atoms with Crippen LogP contribution in [0.2, 0.25) is 5.02 Å². The minimum atomic E-state index is -0.407. The number of hydrogen-bond donors (Lipinski definition) is 1. The SMILES string of the molecule is O=C(Cc1cccc(F)c1)NCCN1C(=O)SC(=Cc2ccc(Cl)cc2)C1=O. The Morgan fingerprint density at radius 1 is 1.18 bits per heavy atom. The van der Waals surface area contributed by atoms with Crippen molar-refractivity contribution < 1.29 is 18.8 Å². The van der Waals surface area contributed by atoms with Crippen LogP contribution in [0.3, 0.4) is 0 Å². The summed E-state index contributed by atoms with van der Waals surface area (Å²) in [5.41, 5.74) is 1.31. The fourth-order valence-corrected chi connectivity index (χ4v) is 3.60. The van der Waals surface area contributed by atoms with Gasteiger partial charge in [0.2, 0.25) is 5.91 Å². The molecule has 144 valence electrons. The molecule has 2 aromatic rings. The van der Waals surface area contributed by atoms with Crippen molar-refractivity contribution in [1.29, 1.82) is 0 Å². The maximum Gasteiger partial charge on any atom is 0.293 e. The molecule has 0 spiro atoms. The third-order valence-corrected chi connectivity index (χ3v) is 5.11. The first-order valence-electron chi connectivity index (χ1n) is 8.44. The molecule has 0 radical (unpaired) electrons. The third-order valence-electron chi connectivity index (χ3n) is 3.95. The van der Waals surface area contributed by atoms with Gasteiger partial charge in [0, 0.05) is 18.1 Å². The molecule has 3 amide bonds. The molecule has 8 heteroatoms. The van der Waals surface area contributed by atoms with Gasteiger partial charge in [0.1, 0.15) is 5.82 Å². The summed E-state index contributed by atoms with van der Waals surface area (Å²) in [6.07, 6.45) is 1.65. The van der Waals surface area contributed by atoms with Gasteiger partial charge >= 0.3 is 0 Å². The Morgan fingerprint density at radius 2 is 1.93 bits per heavy atom. The van der Waals surface area contributed by atoms with Crippen LogP contribution in [0.15, 0.2) is 53.4 Å². The number of carbonyl (C=O) groups is 3. The summed E-state index contributed by atoms with van der Waals surface area (Å²) in [5.74, 6) is -1.12. The third kappa shape index (κ3) is 5.21. The average molecular weight is 419 g/mol. The molecule has 0 aliphatic carbocycles. The minimum Gasteiger partial charge on any atom is -0.354 e. The molecular formula is C20H16ClFN2O3S. The first-order chi connectivity index (χ1) is 13.4. The van der Waals surface area contributed by atoms with Gasteiger partial charge in [0.05, 0.1) is 11.3 Å². The van der Waals surface area contributed by atoms with Crippen molar-refractivity contribution in [3.63, 3.8) is 0 Å². The second-order valence-corrected chi connectivity index (χ2v) is 7.47. The molecule has 1 fully saturated rings. The van der Waals surface area contributed by atoms with E-state index in [1.165, 1.54) is 18.2 Å². The summed E-state index contributed by atoms with van der Waals surface area (Å²) in [7, 11) is 0. The number of carbonyl (C=O) groups excluding carboxylic acids is 3. The van der Waals surface area contributed by atoms with Crippen LogP contribution in [-0.4, -0.2) is 35.0 Å². The standard InChI is InChI=1S/C20H16ClFN2O3S/c21-15-6-4-13(5-7-15)11-17-19(26)24(20(27)28-17)9-8-23-18(25)12-14-2-1-3-16(22)10-14/h1-7,10-11H,8-9,12H2,(H,23,25). The van der Waals surface area contributed by atoms with E-state index in [1.807, 2.05) is 0 Å². The van der Waals surface area contributed by atoms with Gasteiger partial charge in [-0.1, -0.05) is 35.9 Å². The van der Waals surface area contributed by atoms with E-state index in [-0.39, 0.29) is 30.7 Å². The van der Waals surface area contributed by atoms with Gasteiger partial charge < -0.3 is 5.32 Å². The number of imide groups is 1. The molecule has 3 rings (SSSR count). The summed E-state index contributed by atoms with van der Waals surface area (Å²) >= 11 is 6.69. The Balaban J connectivity index is 1.53. The van der Waals surface area contributed by atoms with E-state index in [1.54, 1.807) is 36.4 Å². The Hall–Kier alpha value is -2.64. The number of rotatable bonds is 6. The van der Waals surface area contributed by atoms with Crippen molar-refractivity contribution in [3.8, 4) is 0 Å². The largest absolute Gasteiger partial charge is 0.354 e. The number of benzene rings is 2. The van der Waals surface area contributed by atoms with Crippen molar-refractivity contribution in [2.24, 2.45) is 0 Å². The topological polar surface area (TPSA) is 66.5 Å². The van der Waals surface area contributed by atoms with Gasteiger partial charge in [-0.05, 0) is 53.2 Å². The number of nitrogens with zero attached hydrogens (tertiary/aromatic N) is 1. The van der Waals surface area contributed by atoms with Gasteiger partial charge in [-0.25, -0.2) is 4.39 Å². The predicted octanol–water partition coefficient (Wildman–Crippen LogP) is 3.87. The van der Waals surface area contributed by atoms with Crippen molar-refractivity contribution in [2.75, 3.05) is 13.1 Å². The van der Waals surface area contributed by atoms with E-state index in [4.69, 9.17) is 11.6 Å². The second kappa shape index (κ2) is 9.03. The van der Waals surface area contributed by atoms with Crippen LogP contribution in [0.5, 0.6) is 0 Å². The normalized spacial score (nSPS) is 15.4. The molecule has 2 aromatic carbocycles. The van der Waals surface area contributed by atoms with Gasteiger partial charge in [-0.2, -0.15) is 0 Å². The van der Waals surface area contributed by atoms with Crippen LogP contribution in [0, 0.1) is 5.82 Å². The highest BCUT2D eigenvalue weighted by Gasteiger charge is 2.34. The molecule has 1 aliphatic rings. The molecule has 1 aliphatic heterocycles. The summed E-state index contributed by atoms with van der Waals surface area (Å²) in [5, 5.41) is 2.84. The Kier molecular flexibility index (Phi) is 6.49. The molecule has 0 aromatic heterocycles. The smallest absolute Gasteiger partial charge is 0.293 e. The average Bonchev–Trinajstić information content (AvgIpc) is 2.91. The first kappa shape index (κ1) is 20.1. The quantitative estimate of drug-likeness (QED) is 0.723. The monoisotopic (exact) mass is 418 g/mol. The van der Waals surface area contributed by atoms with E-state index >= 15 is 0 Å². The van der Waals surface area contributed by atoms with Crippen LogP contribution in [0.25, 0.3) is 6.08 Å². The summed E-state index contributed by atoms with van der Waals surface area (Å²) in [6.45, 7) is 0.192. The van der Waals surface area contributed by atoms with Crippen molar-refractivity contribution in [1.82, 2.24) is 10.2 Å². The zero-order chi connectivity index (χ0) is 20.1. The van der Waals surface area contributed by atoms with E-state index in [9.17, 15) is 18.8 Å². The number of nitrogens with one attached hydrogen (secondary N) is 1. The van der Waals surface area contributed by atoms with Crippen LogP contribution in [0.1, 0.15) is 11.1 Å². The lowest BCUT2D eigenvalue weighted by Crippen LogP contribution is -2.37. The van der Waals surface area contributed by atoms with Crippen molar-refractivity contribution in [2.45, 2.75) is 6.42 Å². The van der Waals surface area contributed by atoms with Crippen LogP contribution >= 0.6 is 23.4 Å². The molecule has 0 bridgehead atoms. The molecule has 28 heavy (non-hydrogen) atoms. The van der Waals surface area contributed by atoms with Crippen molar-refractivity contribution >= 4 is 46.5 Å². The zero-order valence-corrected chi connectivity index (χ0v) is 16.2. The fourth-order valence-electron chi connectivity index (χ4n) is 2.61. The predicted molar refractivity (Wildman–Crippen MR) is 107 cm³/mol. The van der Waals surface area contributed by atoms with Crippen molar-refractivity contribution in [3.05, 3.63) is 75.4 Å². The van der Waals surface area contributed by atoms with Crippen LogP contribution in [0.4, 0.5) is 9.18 Å². The second-order valence-electron chi connectivity index (χ2n) is 6.04. The molecule has 1 N–H and O–H groups in total. The first-order valence-corrected chi connectivity index (χ1v) is 9.64. The van der Waals surface area contributed by atoms with Gasteiger partial charge in [0.25, 0.3) is 11.1 Å². The molecule has 1 saturated heterocycles. The molecule has 0 atom stereocenters. The van der Waals surface area contributed by atoms with E-state index in [2.05, 4.69) is 5.32 Å². The highest BCUT2D eigenvalue weighted by Crippen LogP contribution is 2.32. The van der Waals surface area contributed by atoms with Crippen LogP contribution < -0.4 is 5.32 Å². The Bertz CT molecular complexity index is 947. The number of thioether (sulfide) groups is 1. The van der Waals surface area contributed by atoms with E-state index in [0.717, 1.165) is 22.2 Å². The maximum absolute atomic E-state index is 13.1. The Morgan fingerprint density at radius 3 is 2.64 bits per heavy atom. The fraction of sp³-hybridized carbons (Fsp3) is 0.150. The highest BCUT2D eigenvalue weighted by atomic mass is 35.5. The molecule has 1 heterocycles. The van der Waals surface area contributed by atoms with Gasteiger partial charge in [-0.3, -0.25) is 19.3 Å². The molecule has 0 unspecified atom stereocenters. The maximum atomic E-state index is 13.1. The number of amides is 3. The lowest BCUT2D eigenvalue weighted by Gasteiger charge is -2.13. The lowest BCUT2D eigenvalue weighted by atomic mass is 10.1. The number of hydrogen-bond acceptors (Lipinski definition) is 4. The zero-order valence-electron chi connectivity index (χ0n) is 14.7. The van der Waals surface area contributed by atoms with Gasteiger partial charge in [-0.15, -0.1) is 0 Å². The van der Waals surface area contributed by atoms with E-state index < -0.39 is 11.7 Å². The minimum absolute atomic E-state index is 0.0239. The molecule has 5 nitrogen and oxygen atoms in total.